The Kier molecular flexibility index (Phi) is 55.3. The van der Waals surface area contributed by atoms with E-state index >= 15 is 0 Å². The number of carbonyl (C=O) groups is 4. The summed E-state index contributed by atoms with van der Waals surface area (Å²) in [7, 11) is 7.83. The maximum atomic E-state index is 10.6. The van der Waals surface area contributed by atoms with Crippen molar-refractivity contribution in [2.24, 2.45) is 0 Å². The summed E-state index contributed by atoms with van der Waals surface area (Å²) in [6.45, 7) is 20.6. The van der Waals surface area contributed by atoms with Gasteiger partial charge in [-0.2, -0.15) is 4.98 Å². The van der Waals surface area contributed by atoms with Crippen molar-refractivity contribution in [2.75, 3.05) is 75.2 Å². The third-order valence-electron chi connectivity index (χ3n) is 8.05. The lowest BCUT2D eigenvalue weighted by Gasteiger charge is -2.01. The van der Waals surface area contributed by atoms with Crippen LogP contribution in [-0.2, 0) is 52.3 Å². The molecule has 1 aromatic heterocycles. The van der Waals surface area contributed by atoms with E-state index in [2.05, 4.69) is 67.3 Å². The summed E-state index contributed by atoms with van der Waals surface area (Å²) in [6, 6.07) is 5.96. The van der Waals surface area contributed by atoms with Crippen molar-refractivity contribution in [1.29, 1.82) is 0 Å². The molecule has 64 heavy (non-hydrogen) atoms. The number of aromatic nitrogens is 2. The lowest BCUT2D eigenvalue weighted by atomic mass is 10.1. The number of benzene rings is 1. The molecule has 0 N–H and O–H groups in total. The molecule has 0 saturated heterocycles. The highest BCUT2D eigenvalue weighted by Gasteiger charge is 2.06. The number of esters is 3. The number of unbranched alkanes of at least 4 members (excludes halogenated alkanes) is 10. The van der Waals surface area contributed by atoms with Gasteiger partial charge in [-0.15, -0.1) is 0 Å². The molecule has 2 aromatic rings. The number of methoxy groups -OCH3 is 5. The summed E-state index contributed by atoms with van der Waals surface area (Å²) in [5.74, 6) is 0.432. The van der Waals surface area contributed by atoms with Gasteiger partial charge in [0.05, 0.1) is 34.0 Å². The van der Waals surface area contributed by atoms with Crippen LogP contribution in [0.4, 0.5) is 4.79 Å². The molecule has 370 valence electrons. The Hall–Kier alpha value is -4.12. The van der Waals surface area contributed by atoms with Gasteiger partial charge in [0, 0.05) is 76.7 Å². The van der Waals surface area contributed by atoms with Gasteiger partial charge in [-0.1, -0.05) is 100.0 Å². The SMILES string of the molecule is C=CC(=O)OCCCCCCOC.C=CC(=O)OCCCCOC.CCCCCC(=O)OC.CCCCCCOC.CCCCOC(=O)OC.Cc1nc(-c2ccc(Br)c(C)c2)no1. The average Bonchev–Trinajstić information content (AvgIpc) is 3.75. The van der Waals surface area contributed by atoms with Gasteiger partial charge >= 0.3 is 24.1 Å². The highest BCUT2D eigenvalue weighted by molar-refractivity contribution is 9.10. The van der Waals surface area contributed by atoms with Gasteiger partial charge in [0.15, 0.2) is 0 Å². The Morgan fingerprint density at radius 1 is 0.609 bits per heavy atom. The van der Waals surface area contributed by atoms with E-state index in [1.165, 1.54) is 46.0 Å². The van der Waals surface area contributed by atoms with E-state index in [4.69, 9.17) is 28.2 Å². The molecule has 0 atom stereocenters. The predicted molar refractivity (Wildman–Crippen MR) is 256 cm³/mol. The van der Waals surface area contributed by atoms with Crippen LogP contribution >= 0.6 is 15.9 Å². The molecule has 1 heterocycles. The van der Waals surface area contributed by atoms with E-state index in [9.17, 15) is 19.2 Å². The Balaban J connectivity index is -0.000000342. The van der Waals surface area contributed by atoms with Crippen molar-refractivity contribution in [3.8, 4) is 11.4 Å². The van der Waals surface area contributed by atoms with E-state index in [0.29, 0.717) is 44.6 Å². The Morgan fingerprint density at radius 2 is 1.06 bits per heavy atom. The zero-order valence-corrected chi connectivity index (χ0v) is 42.5. The predicted octanol–water partition coefficient (Wildman–Crippen LogP) is 11.7. The average molecular weight is 976 g/mol. The summed E-state index contributed by atoms with van der Waals surface area (Å²) < 4.78 is 43.4. The maximum Gasteiger partial charge on any atom is 0.507 e. The quantitative estimate of drug-likeness (QED) is 0.0357. The Bertz CT molecular complexity index is 1380. The third-order valence-corrected chi connectivity index (χ3v) is 8.94. The van der Waals surface area contributed by atoms with Gasteiger partial charge in [-0.3, -0.25) is 4.79 Å². The normalized spacial score (nSPS) is 9.55. The van der Waals surface area contributed by atoms with Crippen molar-refractivity contribution < 1.29 is 61.6 Å². The second-order valence-corrected chi connectivity index (χ2v) is 14.5. The number of ether oxygens (including phenoxy) is 8. The molecule has 0 aliphatic carbocycles. The molecule has 0 amide bonds. The monoisotopic (exact) mass is 975 g/mol. The minimum absolute atomic E-state index is 0.0940. The second-order valence-electron chi connectivity index (χ2n) is 13.7. The van der Waals surface area contributed by atoms with Crippen LogP contribution in [0.25, 0.3) is 11.4 Å². The van der Waals surface area contributed by atoms with E-state index in [1.54, 1.807) is 28.3 Å². The fourth-order valence-corrected chi connectivity index (χ4v) is 4.61. The minimum atomic E-state index is -0.594. The topological polar surface area (TPSA) is 181 Å². The molecule has 0 bridgehead atoms. The largest absolute Gasteiger partial charge is 0.507 e. The number of halogens is 1. The molecule has 0 fully saturated rings. The fraction of sp³-hybridized carbons (Fsp3) is 0.667. The highest BCUT2D eigenvalue weighted by atomic mass is 79.9. The van der Waals surface area contributed by atoms with Crippen molar-refractivity contribution in [2.45, 2.75) is 137 Å². The molecule has 0 unspecified atom stereocenters. The van der Waals surface area contributed by atoms with Crippen LogP contribution < -0.4 is 0 Å². The molecular formula is C48H83BrN2O13. The number of carbonyl (C=O) groups excluding carboxylic acids is 4. The van der Waals surface area contributed by atoms with E-state index in [-0.39, 0.29) is 17.9 Å². The number of hydrogen-bond acceptors (Lipinski definition) is 15. The molecule has 0 radical (unpaired) electrons. The highest BCUT2D eigenvalue weighted by Crippen LogP contribution is 2.22. The molecule has 15 nitrogen and oxygen atoms in total. The maximum absolute atomic E-state index is 10.6. The fourth-order valence-electron chi connectivity index (χ4n) is 4.37. The van der Waals surface area contributed by atoms with Crippen LogP contribution in [0.2, 0.25) is 0 Å². The van der Waals surface area contributed by atoms with E-state index in [0.717, 1.165) is 106 Å². The molecule has 1 aromatic carbocycles. The van der Waals surface area contributed by atoms with Gasteiger partial charge in [0.2, 0.25) is 11.7 Å². The molecule has 16 heteroatoms. The first-order chi connectivity index (χ1) is 30.8. The van der Waals surface area contributed by atoms with Gasteiger partial charge in [0.1, 0.15) is 0 Å². The summed E-state index contributed by atoms with van der Waals surface area (Å²) in [6.07, 6.45) is 18.6. The first kappa shape index (κ1) is 66.5. The molecule has 0 aliphatic rings. The van der Waals surface area contributed by atoms with Crippen LogP contribution in [0.1, 0.15) is 135 Å². The van der Waals surface area contributed by atoms with Crippen LogP contribution in [0.15, 0.2) is 52.5 Å². The van der Waals surface area contributed by atoms with Gasteiger partial charge in [-0.25, -0.2) is 14.4 Å². The van der Waals surface area contributed by atoms with Crippen molar-refractivity contribution in [1.82, 2.24) is 10.1 Å². The lowest BCUT2D eigenvalue weighted by Crippen LogP contribution is -2.04. The second kappa shape index (κ2) is 53.2. The van der Waals surface area contributed by atoms with Gasteiger partial charge < -0.3 is 42.4 Å². The lowest BCUT2D eigenvalue weighted by molar-refractivity contribution is -0.141. The molecule has 0 aliphatic heterocycles. The number of hydrogen-bond donors (Lipinski definition) is 0. The van der Waals surface area contributed by atoms with Crippen molar-refractivity contribution >= 4 is 40.0 Å². The summed E-state index contributed by atoms with van der Waals surface area (Å²) in [4.78, 5) is 45.9. The Morgan fingerprint density at radius 3 is 1.48 bits per heavy atom. The number of rotatable bonds is 27. The van der Waals surface area contributed by atoms with Crippen molar-refractivity contribution in [3.63, 3.8) is 0 Å². The van der Waals surface area contributed by atoms with Crippen LogP contribution in [0.5, 0.6) is 0 Å². The standard InChI is InChI=1S/C10H9BrN2O.C10H18O3.C8H14O3.C7H14O2.C7H16O.C6H12O3/c1-6-5-8(3-4-9(6)11)10-12-7(2)14-13-10;1-3-10(11)13-9-7-5-4-6-8-12-2;1-3-8(9)11-7-5-4-6-10-2;1-3-4-5-6-7(8)9-2;1-3-4-5-6-7-8-2;1-3-4-5-9-6(7)8-2/h3-5H,1-2H3;3H,1,4-9H2,2H3;3H,1,4-7H2,2H3;3-6H2,1-2H3;3-7H2,1-2H3;3-5H2,1-2H3. The first-order valence-electron chi connectivity index (χ1n) is 22.2. The minimum Gasteiger partial charge on any atom is -0.469 e. The zero-order chi connectivity index (χ0) is 49.1. The molecule has 0 saturated carbocycles. The zero-order valence-electron chi connectivity index (χ0n) is 40.9. The summed E-state index contributed by atoms with van der Waals surface area (Å²) >= 11 is 3.44. The molecular weight excluding hydrogens is 892 g/mol. The van der Waals surface area contributed by atoms with Crippen LogP contribution in [0.3, 0.4) is 0 Å². The molecule has 2 rings (SSSR count). The molecule has 0 spiro atoms. The third kappa shape index (κ3) is 50.5. The van der Waals surface area contributed by atoms with Crippen LogP contribution in [0, 0.1) is 13.8 Å². The number of nitrogens with zero attached hydrogens (tertiary/aromatic N) is 2. The van der Waals surface area contributed by atoms with Gasteiger partial charge in [0.25, 0.3) is 0 Å². The number of aryl methyl sites for hydroxylation is 2. The van der Waals surface area contributed by atoms with E-state index < -0.39 is 6.16 Å². The van der Waals surface area contributed by atoms with Crippen LogP contribution in [-0.4, -0.2) is 109 Å². The first-order valence-corrected chi connectivity index (χ1v) is 23.0. The summed E-state index contributed by atoms with van der Waals surface area (Å²) in [5.41, 5.74) is 2.13. The summed E-state index contributed by atoms with van der Waals surface area (Å²) in [5, 5.41) is 3.86. The Labute approximate surface area is 393 Å². The van der Waals surface area contributed by atoms with Gasteiger partial charge in [-0.05, 0) is 82.1 Å². The van der Waals surface area contributed by atoms with E-state index in [1.807, 2.05) is 32.0 Å². The van der Waals surface area contributed by atoms with Crippen molar-refractivity contribution in [3.05, 3.63) is 59.4 Å². The smallest absolute Gasteiger partial charge is 0.469 e.